The summed E-state index contributed by atoms with van der Waals surface area (Å²) < 4.78 is 0. The van der Waals surface area contributed by atoms with E-state index < -0.39 is 5.69 Å². The summed E-state index contributed by atoms with van der Waals surface area (Å²) in [6.07, 6.45) is 0. The second-order valence-electron chi connectivity index (χ2n) is 4.42. The van der Waals surface area contributed by atoms with E-state index in [1.807, 2.05) is 36.4 Å². The maximum Gasteiger partial charge on any atom is 0.349 e. The van der Waals surface area contributed by atoms with Crippen LogP contribution in [0.15, 0.2) is 59.4 Å². The van der Waals surface area contributed by atoms with Gasteiger partial charge in [0, 0.05) is 5.56 Å². The maximum atomic E-state index is 11.7. The molecule has 1 aromatic heterocycles. The van der Waals surface area contributed by atoms with E-state index in [9.17, 15) is 4.79 Å². The summed E-state index contributed by atoms with van der Waals surface area (Å²) in [5.74, 6) is 0.505. The number of para-hydroxylation sites is 1. The number of rotatable bonds is 4. The number of aromatic nitrogens is 3. The van der Waals surface area contributed by atoms with Gasteiger partial charge in [-0.05, 0) is 24.3 Å². The molecule has 0 unspecified atom stereocenters. The molecule has 0 fully saturated rings. The number of anilines is 2. The van der Waals surface area contributed by atoms with Crippen molar-refractivity contribution in [2.75, 3.05) is 10.9 Å². The van der Waals surface area contributed by atoms with Crippen molar-refractivity contribution in [3.8, 4) is 11.4 Å². The fraction of sp³-hybridized carbons (Fsp3) is 0. The second-order valence-corrected chi connectivity index (χ2v) is 4.83. The van der Waals surface area contributed by atoms with Gasteiger partial charge in [-0.2, -0.15) is 9.97 Å². The van der Waals surface area contributed by atoms with E-state index in [1.165, 1.54) is 0 Å². The third-order valence-corrected chi connectivity index (χ3v) is 3.20. The van der Waals surface area contributed by atoms with Crippen LogP contribution >= 0.6 is 11.6 Å². The first-order valence-corrected chi connectivity index (χ1v) is 6.90. The number of aromatic amines is 1. The van der Waals surface area contributed by atoms with Crippen LogP contribution in [0.3, 0.4) is 0 Å². The van der Waals surface area contributed by atoms with Crippen LogP contribution in [0.4, 0.5) is 11.6 Å². The molecule has 0 saturated carbocycles. The van der Waals surface area contributed by atoms with Crippen molar-refractivity contribution >= 4 is 23.2 Å². The van der Waals surface area contributed by atoms with E-state index >= 15 is 0 Å². The second kappa shape index (κ2) is 6.28. The fourth-order valence-corrected chi connectivity index (χ4v) is 2.10. The van der Waals surface area contributed by atoms with Gasteiger partial charge in [-0.15, -0.1) is 0 Å². The first kappa shape index (κ1) is 14.1. The zero-order valence-electron chi connectivity index (χ0n) is 11.4. The molecular weight excluding hydrogens is 302 g/mol. The molecule has 3 aromatic rings. The van der Waals surface area contributed by atoms with Gasteiger partial charge in [0.25, 0.3) is 0 Å². The van der Waals surface area contributed by atoms with Crippen molar-refractivity contribution in [3.63, 3.8) is 0 Å². The molecule has 0 saturated heterocycles. The summed E-state index contributed by atoms with van der Waals surface area (Å²) in [6, 6.07) is 16.5. The van der Waals surface area contributed by atoms with Gasteiger partial charge in [-0.3, -0.25) is 15.8 Å². The van der Waals surface area contributed by atoms with Crippen molar-refractivity contribution in [1.82, 2.24) is 15.0 Å². The highest BCUT2D eigenvalue weighted by atomic mass is 35.5. The van der Waals surface area contributed by atoms with Crippen LogP contribution in [0.2, 0.25) is 5.02 Å². The molecule has 110 valence electrons. The SMILES string of the molecule is O=c1nc(NNc2ccccc2)nc(-c2ccccc2Cl)[nH]1. The summed E-state index contributed by atoms with van der Waals surface area (Å²) in [4.78, 5) is 22.3. The Balaban J connectivity index is 1.87. The van der Waals surface area contributed by atoms with Gasteiger partial charge in [0.05, 0.1) is 10.7 Å². The standard InChI is InChI=1S/C15H12ClN5O/c16-12-9-5-4-8-11(12)13-17-14(19-15(22)18-13)21-20-10-6-2-1-3-7-10/h1-9,20H,(H2,17,18,19,21,22). The molecule has 3 rings (SSSR count). The Kier molecular flexibility index (Phi) is 4.02. The quantitative estimate of drug-likeness (QED) is 0.645. The van der Waals surface area contributed by atoms with Crippen LogP contribution in [-0.4, -0.2) is 15.0 Å². The third-order valence-electron chi connectivity index (χ3n) is 2.87. The predicted molar refractivity (Wildman–Crippen MR) is 86.8 cm³/mol. The van der Waals surface area contributed by atoms with Gasteiger partial charge in [0.15, 0.2) is 0 Å². The highest BCUT2D eigenvalue weighted by molar-refractivity contribution is 6.33. The van der Waals surface area contributed by atoms with Gasteiger partial charge >= 0.3 is 5.69 Å². The Morgan fingerprint density at radius 2 is 1.64 bits per heavy atom. The molecule has 1 heterocycles. The number of nitrogens with zero attached hydrogens (tertiary/aromatic N) is 2. The number of halogens is 1. The van der Waals surface area contributed by atoms with Crippen LogP contribution in [0.5, 0.6) is 0 Å². The van der Waals surface area contributed by atoms with Crippen molar-refractivity contribution in [2.24, 2.45) is 0 Å². The van der Waals surface area contributed by atoms with E-state index in [0.717, 1.165) is 5.69 Å². The summed E-state index contributed by atoms with van der Waals surface area (Å²) >= 11 is 6.12. The van der Waals surface area contributed by atoms with Crippen LogP contribution in [0.25, 0.3) is 11.4 Å². The van der Waals surface area contributed by atoms with Gasteiger partial charge in [-0.1, -0.05) is 41.9 Å². The fourth-order valence-electron chi connectivity index (χ4n) is 1.87. The average molecular weight is 314 g/mol. The average Bonchev–Trinajstić information content (AvgIpc) is 2.54. The molecule has 7 heteroatoms. The Bertz CT molecular complexity index is 835. The maximum absolute atomic E-state index is 11.7. The van der Waals surface area contributed by atoms with Crippen LogP contribution < -0.4 is 16.5 Å². The highest BCUT2D eigenvalue weighted by Crippen LogP contribution is 2.23. The van der Waals surface area contributed by atoms with Crippen molar-refractivity contribution < 1.29 is 0 Å². The van der Waals surface area contributed by atoms with Crippen LogP contribution in [-0.2, 0) is 0 Å². The van der Waals surface area contributed by atoms with E-state index in [2.05, 4.69) is 25.8 Å². The van der Waals surface area contributed by atoms with E-state index in [0.29, 0.717) is 16.4 Å². The van der Waals surface area contributed by atoms with Crippen molar-refractivity contribution in [3.05, 3.63) is 70.1 Å². The topological polar surface area (TPSA) is 82.7 Å². The first-order chi connectivity index (χ1) is 10.7. The lowest BCUT2D eigenvalue weighted by Gasteiger charge is -2.09. The normalized spacial score (nSPS) is 10.2. The smallest absolute Gasteiger partial charge is 0.298 e. The van der Waals surface area contributed by atoms with E-state index in [-0.39, 0.29) is 5.95 Å². The van der Waals surface area contributed by atoms with Crippen LogP contribution in [0.1, 0.15) is 0 Å². The summed E-state index contributed by atoms with van der Waals surface area (Å²) in [5.41, 5.74) is 6.66. The Morgan fingerprint density at radius 3 is 2.41 bits per heavy atom. The molecule has 0 amide bonds. The molecule has 0 bridgehead atoms. The molecule has 0 spiro atoms. The minimum atomic E-state index is -0.512. The van der Waals surface area contributed by atoms with Crippen molar-refractivity contribution in [2.45, 2.75) is 0 Å². The number of hydrogen-bond donors (Lipinski definition) is 3. The lowest BCUT2D eigenvalue weighted by atomic mass is 10.2. The Morgan fingerprint density at radius 1 is 0.909 bits per heavy atom. The van der Waals surface area contributed by atoms with Crippen molar-refractivity contribution in [1.29, 1.82) is 0 Å². The zero-order chi connectivity index (χ0) is 15.4. The minimum absolute atomic E-state index is 0.155. The molecule has 3 N–H and O–H groups in total. The Hall–Kier alpha value is -2.86. The third kappa shape index (κ3) is 3.24. The molecule has 0 radical (unpaired) electrons. The predicted octanol–water partition coefficient (Wildman–Crippen LogP) is 2.92. The van der Waals surface area contributed by atoms with Gasteiger partial charge in [0.1, 0.15) is 5.82 Å². The number of benzene rings is 2. The summed E-state index contributed by atoms with van der Waals surface area (Å²) in [6.45, 7) is 0. The van der Waals surface area contributed by atoms with Crippen LogP contribution in [0, 0.1) is 0 Å². The van der Waals surface area contributed by atoms with E-state index in [1.54, 1.807) is 18.2 Å². The molecule has 22 heavy (non-hydrogen) atoms. The lowest BCUT2D eigenvalue weighted by Crippen LogP contribution is -2.19. The molecule has 2 aromatic carbocycles. The monoisotopic (exact) mass is 313 g/mol. The molecule has 0 atom stereocenters. The van der Waals surface area contributed by atoms with Gasteiger partial charge in [-0.25, -0.2) is 4.79 Å². The molecule has 6 nitrogen and oxygen atoms in total. The zero-order valence-corrected chi connectivity index (χ0v) is 12.1. The number of hydrazine groups is 1. The highest BCUT2D eigenvalue weighted by Gasteiger charge is 2.08. The van der Waals surface area contributed by atoms with E-state index in [4.69, 9.17) is 11.6 Å². The largest absolute Gasteiger partial charge is 0.349 e. The summed E-state index contributed by atoms with van der Waals surface area (Å²) in [7, 11) is 0. The number of nitrogens with one attached hydrogen (secondary N) is 3. The van der Waals surface area contributed by atoms with Gasteiger partial charge < -0.3 is 0 Å². The summed E-state index contributed by atoms with van der Waals surface area (Å²) in [5, 5.41) is 0.499. The number of hydrogen-bond acceptors (Lipinski definition) is 5. The lowest BCUT2D eigenvalue weighted by molar-refractivity contribution is 0.994. The molecular formula is C15H12ClN5O. The molecule has 0 aliphatic carbocycles. The first-order valence-electron chi connectivity index (χ1n) is 6.53. The Labute approximate surface area is 131 Å². The molecule has 0 aliphatic rings. The minimum Gasteiger partial charge on any atom is -0.298 e. The van der Waals surface area contributed by atoms with Gasteiger partial charge in [0.2, 0.25) is 5.95 Å². The molecule has 0 aliphatic heterocycles. The number of H-pyrrole nitrogens is 1.